The van der Waals surface area contributed by atoms with E-state index in [0.717, 1.165) is 0 Å². The van der Waals surface area contributed by atoms with Gasteiger partial charge < -0.3 is 14.7 Å². The normalized spacial score (nSPS) is 8.43. The van der Waals surface area contributed by atoms with E-state index >= 15 is 0 Å². The van der Waals surface area contributed by atoms with E-state index in [0.29, 0.717) is 0 Å². The van der Waals surface area contributed by atoms with Gasteiger partial charge in [-0.15, -0.1) is 0 Å². The van der Waals surface area contributed by atoms with Crippen LogP contribution in [-0.4, -0.2) is 135 Å². The molecule has 3 N–H and O–H groups in total. The Hall–Kier alpha value is 3.80. The Morgan fingerprint density at radius 3 is 1.14 bits per heavy atom. The molecular formula is H5CsKO4P. The van der Waals surface area contributed by atoms with E-state index in [1.807, 2.05) is 0 Å². The molecule has 0 aromatic rings. The standard InChI is InChI=1S/Cs.K.H3O4P.2H/c;;1-5(2,3)4;;/h;;(H3,1,2,3,4);;. The third kappa shape index (κ3) is 41.3. The Balaban J connectivity index is -0.0000000800. The van der Waals surface area contributed by atoms with Crippen LogP contribution in [0, 0.1) is 0 Å². The number of phosphoric acid groups is 1. The predicted octanol–water partition coefficient (Wildman–Crippen LogP) is -2.23. The van der Waals surface area contributed by atoms with Gasteiger partial charge in [0.15, 0.2) is 0 Å². The van der Waals surface area contributed by atoms with E-state index in [-0.39, 0.29) is 120 Å². The predicted molar refractivity (Wildman–Crippen MR) is 28.6 cm³/mol. The third-order valence-electron chi connectivity index (χ3n) is 0. The summed E-state index contributed by atoms with van der Waals surface area (Å²) in [7, 11) is -4.64. The summed E-state index contributed by atoms with van der Waals surface area (Å²) in [6.45, 7) is 0. The molecular weight excluding hydrogens is 267 g/mol. The zero-order valence-electron chi connectivity index (χ0n) is 2.20. The quantitative estimate of drug-likeness (QED) is 0.345. The fourth-order valence-corrected chi connectivity index (χ4v) is 0. The molecule has 0 aliphatic rings. The van der Waals surface area contributed by atoms with Gasteiger partial charge in [-0.05, 0) is 0 Å². The number of hydrogen-bond donors (Lipinski definition) is 3. The van der Waals surface area contributed by atoms with Gasteiger partial charge in [0.25, 0.3) is 0 Å². The second-order valence-electron chi connectivity index (χ2n) is 0.513. The molecule has 36 valence electrons. The molecule has 0 aromatic heterocycles. The summed E-state index contributed by atoms with van der Waals surface area (Å²) in [5.74, 6) is 0. The summed E-state index contributed by atoms with van der Waals surface area (Å²) in [5.41, 5.74) is 0. The van der Waals surface area contributed by atoms with Crippen molar-refractivity contribution in [3.8, 4) is 0 Å². The Bertz CT molecular complexity index is 57.8. The summed E-state index contributed by atoms with van der Waals surface area (Å²) in [6.07, 6.45) is 0. The minimum absolute atomic E-state index is 0. The summed E-state index contributed by atoms with van der Waals surface area (Å²) in [5, 5.41) is 0. The average molecular weight is 272 g/mol. The van der Waals surface area contributed by atoms with Crippen LogP contribution < -0.4 is 0 Å². The maximum atomic E-state index is 8.88. The fourth-order valence-electron chi connectivity index (χ4n) is 0. The van der Waals surface area contributed by atoms with Crippen LogP contribution in [0.5, 0.6) is 0 Å². The molecule has 4 nitrogen and oxygen atoms in total. The Kier molecular flexibility index (Phi) is 19.2. The molecule has 7 heteroatoms. The van der Waals surface area contributed by atoms with Crippen LogP contribution in [-0.2, 0) is 4.57 Å². The molecule has 0 fully saturated rings. The molecule has 7 heavy (non-hydrogen) atoms. The van der Waals surface area contributed by atoms with E-state index < -0.39 is 7.82 Å². The van der Waals surface area contributed by atoms with Gasteiger partial charge in [-0.2, -0.15) is 0 Å². The van der Waals surface area contributed by atoms with Crippen molar-refractivity contribution in [2.24, 2.45) is 0 Å². The van der Waals surface area contributed by atoms with Gasteiger partial charge in [-0.25, -0.2) is 4.57 Å². The fraction of sp³-hybridized carbons (Fsp3) is 0. The topological polar surface area (TPSA) is 77.8 Å². The Morgan fingerprint density at radius 2 is 1.14 bits per heavy atom. The van der Waals surface area contributed by atoms with Crippen molar-refractivity contribution in [3.05, 3.63) is 0 Å². The van der Waals surface area contributed by atoms with Crippen LogP contribution in [0.3, 0.4) is 0 Å². The van der Waals surface area contributed by atoms with Crippen LogP contribution >= 0.6 is 7.82 Å². The maximum absolute atomic E-state index is 8.88. The molecule has 0 bridgehead atoms. The second-order valence-corrected chi connectivity index (χ2v) is 1.54. The van der Waals surface area contributed by atoms with Crippen molar-refractivity contribution in [2.75, 3.05) is 0 Å². The minimum atomic E-state index is -4.64. The molecule has 0 aliphatic heterocycles. The van der Waals surface area contributed by atoms with Gasteiger partial charge in [0, 0.05) is 0 Å². The van der Waals surface area contributed by atoms with Gasteiger partial charge in [0.2, 0.25) is 0 Å². The Morgan fingerprint density at radius 1 is 1.14 bits per heavy atom. The first-order valence-corrected chi connectivity index (χ1v) is 2.35. The van der Waals surface area contributed by atoms with Gasteiger partial charge >= 0.3 is 128 Å². The molecule has 0 unspecified atom stereocenters. The molecule has 0 saturated heterocycles. The molecule has 0 amide bonds. The van der Waals surface area contributed by atoms with E-state index in [4.69, 9.17) is 19.2 Å². The average Bonchev–Trinajstić information content (AvgIpc) is 0.722. The molecule has 0 radical (unpaired) electrons. The zero-order valence-corrected chi connectivity index (χ0v) is 3.09. The van der Waals surface area contributed by atoms with E-state index in [1.54, 1.807) is 0 Å². The van der Waals surface area contributed by atoms with Crippen LogP contribution in [0.4, 0.5) is 0 Å². The van der Waals surface area contributed by atoms with Gasteiger partial charge in [-0.1, -0.05) is 0 Å². The Labute approximate surface area is 143 Å². The van der Waals surface area contributed by atoms with Crippen LogP contribution in [0.15, 0.2) is 0 Å². The van der Waals surface area contributed by atoms with E-state index in [9.17, 15) is 0 Å². The summed E-state index contributed by atoms with van der Waals surface area (Å²) < 4.78 is 8.88. The summed E-state index contributed by atoms with van der Waals surface area (Å²) in [4.78, 5) is 21.6. The molecule has 0 aromatic carbocycles. The van der Waals surface area contributed by atoms with Crippen molar-refractivity contribution in [1.82, 2.24) is 0 Å². The molecule has 0 spiro atoms. The van der Waals surface area contributed by atoms with Crippen molar-refractivity contribution in [3.63, 3.8) is 0 Å². The summed E-state index contributed by atoms with van der Waals surface area (Å²) >= 11 is 0. The first kappa shape index (κ1) is 17.0. The number of rotatable bonds is 0. The van der Waals surface area contributed by atoms with Crippen LogP contribution in [0.25, 0.3) is 0 Å². The van der Waals surface area contributed by atoms with Gasteiger partial charge in [-0.3, -0.25) is 0 Å². The van der Waals surface area contributed by atoms with E-state index in [2.05, 4.69) is 0 Å². The summed E-state index contributed by atoms with van der Waals surface area (Å²) in [6, 6.07) is 0. The molecule has 0 heterocycles. The molecule has 0 atom stereocenters. The first-order valence-electron chi connectivity index (χ1n) is 0.783. The van der Waals surface area contributed by atoms with Gasteiger partial charge in [0.1, 0.15) is 0 Å². The number of hydrogen-bond acceptors (Lipinski definition) is 1. The molecule has 0 rings (SSSR count). The first-order chi connectivity index (χ1) is 2.00. The van der Waals surface area contributed by atoms with Crippen LogP contribution in [0.1, 0.15) is 0 Å². The van der Waals surface area contributed by atoms with Crippen molar-refractivity contribution >= 4 is 128 Å². The van der Waals surface area contributed by atoms with E-state index in [1.165, 1.54) is 0 Å². The molecule has 0 aliphatic carbocycles. The zero-order chi connectivity index (χ0) is 4.50. The second kappa shape index (κ2) is 7.90. The van der Waals surface area contributed by atoms with Crippen molar-refractivity contribution in [2.45, 2.75) is 0 Å². The monoisotopic (exact) mass is 272 g/mol. The third-order valence-corrected chi connectivity index (χ3v) is 0. The van der Waals surface area contributed by atoms with Gasteiger partial charge in [0.05, 0.1) is 0 Å². The van der Waals surface area contributed by atoms with Crippen molar-refractivity contribution < 1.29 is 19.2 Å². The van der Waals surface area contributed by atoms with Crippen LogP contribution in [0.2, 0.25) is 0 Å². The SMILES string of the molecule is O=P(O)(O)O.[CsH].[KH]. The van der Waals surface area contributed by atoms with Crippen molar-refractivity contribution in [1.29, 1.82) is 0 Å². The molecule has 0 saturated carbocycles.